The van der Waals surface area contributed by atoms with Crippen LogP contribution in [0.4, 0.5) is 9.18 Å². The van der Waals surface area contributed by atoms with Crippen molar-refractivity contribution in [3.05, 3.63) is 78.2 Å². The van der Waals surface area contributed by atoms with Crippen LogP contribution in [0.3, 0.4) is 0 Å². The number of halogens is 1. The second-order valence-corrected chi connectivity index (χ2v) is 14.6. The van der Waals surface area contributed by atoms with E-state index < -0.39 is 23.2 Å². The molecule has 3 saturated heterocycles. The molecular formula is C37H51FN6O2. The number of likely N-dealkylation sites (tertiary alicyclic amines) is 1. The summed E-state index contributed by atoms with van der Waals surface area (Å²) in [7, 11) is 0. The van der Waals surface area contributed by atoms with Crippen LogP contribution >= 0.6 is 0 Å². The molecule has 46 heavy (non-hydrogen) atoms. The highest BCUT2D eigenvalue weighted by Gasteiger charge is 2.46. The van der Waals surface area contributed by atoms with Crippen molar-refractivity contribution in [3.8, 4) is 11.3 Å². The number of hydroxylamine groups is 2. The molecule has 4 heterocycles. The number of nitrogens with one attached hydrogen (secondary N) is 1. The van der Waals surface area contributed by atoms with Gasteiger partial charge >= 0.3 is 6.09 Å². The summed E-state index contributed by atoms with van der Waals surface area (Å²) in [5.41, 5.74) is 0.919. The van der Waals surface area contributed by atoms with Gasteiger partial charge in [-0.15, -0.1) is 5.06 Å². The average Bonchev–Trinajstić information content (AvgIpc) is 3.68. The van der Waals surface area contributed by atoms with Gasteiger partial charge in [-0.05, 0) is 62.7 Å². The molecule has 2 aromatic carbocycles. The van der Waals surface area contributed by atoms with E-state index in [9.17, 15) is 4.79 Å². The largest absolute Gasteiger partial charge is 0.429 e. The molecule has 1 aromatic heterocycles. The predicted octanol–water partition coefficient (Wildman–Crippen LogP) is 6.69. The van der Waals surface area contributed by atoms with Crippen LogP contribution in [0, 0.1) is 5.41 Å². The Labute approximate surface area is 273 Å². The quantitative estimate of drug-likeness (QED) is 0.284. The summed E-state index contributed by atoms with van der Waals surface area (Å²) in [5.74, 6) is 0.727. The molecule has 248 valence electrons. The fourth-order valence-corrected chi connectivity index (χ4v) is 7.46. The number of rotatable bonds is 9. The standard InChI is InChI=1S/C37H51FN6O2/c1-36(2,3)33(34-40-32(30-15-9-5-10-16-30)26-42(34)25-29-13-7-4-8-14-29)44(28-37(38)19-20-39-27-37)35(45)46-43-23-17-31(18-24-43)41-21-11-6-12-22-41/h4-5,7-10,13-16,26,31,33,39H,6,11-12,17-25,27-28H2,1-3H3/t33-,37+/m0/s1. The van der Waals surface area contributed by atoms with Crippen molar-refractivity contribution in [3.63, 3.8) is 0 Å². The van der Waals surface area contributed by atoms with Crippen LogP contribution in [0.25, 0.3) is 11.3 Å². The number of hydrogen-bond donors (Lipinski definition) is 1. The van der Waals surface area contributed by atoms with Gasteiger partial charge in [-0.1, -0.05) is 87.9 Å². The van der Waals surface area contributed by atoms with E-state index in [1.54, 1.807) is 9.96 Å². The molecule has 1 amide bonds. The van der Waals surface area contributed by atoms with Crippen LogP contribution in [-0.2, 0) is 11.4 Å². The second kappa shape index (κ2) is 14.2. The minimum Gasteiger partial charge on any atom is -0.351 e. The number of aromatic nitrogens is 2. The van der Waals surface area contributed by atoms with Crippen LogP contribution in [0.15, 0.2) is 66.9 Å². The van der Waals surface area contributed by atoms with Crippen molar-refractivity contribution in [1.82, 2.24) is 29.7 Å². The fraction of sp³-hybridized carbons (Fsp3) is 0.568. The van der Waals surface area contributed by atoms with E-state index in [4.69, 9.17) is 9.82 Å². The van der Waals surface area contributed by atoms with Crippen LogP contribution in [0.1, 0.15) is 76.7 Å². The zero-order valence-corrected chi connectivity index (χ0v) is 27.8. The predicted molar refractivity (Wildman–Crippen MR) is 180 cm³/mol. The molecule has 9 heteroatoms. The molecule has 0 unspecified atom stereocenters. The van der Waals surface area contributed by atoms with Crippen molar-refractivity contribution in [1.29, 1.82) is 0 Å². The zero-order chi connectivity index (χ0) is 32.1. The number of alkyl halides is 1. The summed E-state index contributed by atoms with van der Waals surface area (Å²) < 4.78 is 18.5. The van der Waals surface area contributed by atoms with E-state index in [2.05, 4.69) is 53.9 Å². The van der Waals surface area contributed by atoms with Gasteiger partial charge in [-0.25, -0.2) is 14.2 Å². The molecular weight excluding hydrogens is 579 g/mol. The first-order valence-electron chi connectivity index (χ1n) is 17.2. The van der Waals surface area contributed by atoms with Gasteiger partial charge in [0.25, 0.3) is 0 Å². The lowest BCUT2D eigenvalue weighted by Crippen LogP contribution is -2.52. The first kappa shape index (κ1) is 32.7. The summed E-state index contributed by atoms with van der Waals surface area (Å²) in [6, 6.07) is 20.4. The van der Waals surface area contributed by atoms with Gasteiger partial charge in [0.15, 0.2) is 0 Å². The maximum absolute atomic E-state index is 16.4. The number of hydrogen-bond acceptors (Lipinski definition) is 6. The van der Waals surface area contributed by atoms with Crippen molar-refractivity contribution in [2.24, 2.45) is 5.41 Å². The van der Waals surface area contributed by atoms with Gasteiger partial charge in [0.2, 0.25) is 0 Å². The zero-order valence-electron chi connectivity index (χ0n) is 27.8. The van der Waals surface area contributed by atoms with Gasteiger partial charge in [0, 0.05) is 44.0 Å². The third kappa shape index (κ3) is 7.81. The minimum atomic E-state index is -1.55. The van der Waals surface area contributed by atoms with E-state index >= 15 is 4.39 Å². The fourth-order valence-electron chi connectivity index (χ4n) is 7.46. The summed E-state index contributed by atoms with van der Waals surface area (Å²) in [4.78, 5) is 30.0. The van der Waals surface area contributed by atoms with Crippen LogP contribution in [-0.4, -0.2) is 88.0 Å². The molecule has 1 N–H and O–H groups in total. The maximum atomic E-state index is 16.4. The van der Waals surface area contributed by atoms with E-state index in [-0.39, 0.29) is 13.1 Å². The number of nitrogens with zero attached hydrogens (tertiary/aromatic N) is 5. The highest BCUT2D eigenvalue weighted by atomic mass is 19.1. The van der Waals surface area contributed by atoms with Gasteiger partial charge in [0.05, 0.1) is 18.3 Å². The molecule has 3 aliphatic rings. The number of carbonyl (C=O) groups is 1. The van der Waals surface area contributed by atoms with Crippen LogP contribution < -0.4 is 5.32 Å². The summed E-state index contributed by atoms with van der Waals surface area (Å²) in [6.45, 7) is 11.3. The Hall–Kier alpha value is -3.27. The molecule has 2 atom stereocenters. The summed E-state index contributed by atoms with van der Waals surface area (Å²) >= 11 is 0. The van der Waals surface area contributed by atoms with E-state index in [1.807, 2.05) is 48.5 Å². The normalized spacial score (nSPS) is 22.5. The Morgan fingerprint density at radius 3 is 2.33 bits per heavy atom. The number of amides is 1. The van der Waals surface area contributed by atoms with Crippen molar-refractivity contribution >= 4 is 6.09 Å². The number of piperidine rings is 2. The molecule has 8 nitrogen and oxygen atoms in total. The van der Waals surface area contributed by atoms with Crippen LogP contribution in [0.2, 0.25) is 0 Å². The first-order chi connectivity index (χ1) is 22.2. The monoisotopic (exact) mass is 630 g/mol. The average molecular weight is 631 g/mol. The van der Waals surface area contributed by atoms with Crippen LogP contribution in [0.5, 0.6) is 0 Å². The molecule has 3 aromatic rings. The summed E-state index contributed by atoms with van der Waals surface area (Å²) in [6.07, 6.45) is 7.70. The highest BCUT2D eigenvalue weighted by Crippen LogP contribution is 2.41. The lowest BCUT2D eigenvalue weighted by molar-refractivity contribution is -0.140. The number of carbonyl (C=O) groups excluding carboxylic acids is 1. The Balaban J connectivity index is 1.32. The maximum Gasteiger partial charge on any atom is 0.429 e. The topological polar surface area (TPSA) is 65.9 Å². The van der Waals surface area contributed by atoms with Gasteiger partial charge < -0.3 is 19.6 Å². The molecule has 0 bridgehead atoms. The molecule has 6 rings (SSSR count). The summed E-state index contributed by atoms with van der Waals surface area (Å²) in [5, 5.41) is 4.98. The van der Waals surface area contributed by atoms with Gasteiger partial charge in [-0.3, -0.25) is 4.90 Å². The van der Waals surface area contributed by atoms with Gasteiger partial charge in [0.1, 0.15) is 11.5 Å². The second-order valence-electron chi connectivity index (χ2n) is 14.6. The smallest absolute Gasteiger partial charge is 0.351 e. The molecule has 3 fully saturated rings. The SMILES string of the molecule is CC(C)(C)[C@H](c1nc(-c2ccccc2)cn1Cc1ccccc1)N(C[C@@]1(F)CCNC1)C(=O)ON1CCC(N2CCCCC2)CC1. The first-order valence-corrected chi connectivity index (χ1v) is 17.2. The Morgan fingerprint density at radius 1 is 1.02 bits per heavy atom. The number of benzene rings is 2. The number of imidazole rings is 1. The van der Waals surface area contributed by atoms with Crippen molar-refractivity contribution in [2.75, 3.05) is 45.8 Å². The van der Waals surface area contributed by atoms with E-state index in [0.717, 1.165) is 35.5 Å². The third-order valence-electron chi connectivity index (χ3n) is 9.87. The molecule has 3 aliphatic heterocycles. The minimum absolute atomic E-state index is 0.0656. The molecule has 0 saturated carbocycles. The van der Waals surface area contributed by atoms with Crippen molar-refractivity contribution < 1.29 is 14.0 Å². The Morgan fingerprint density at radius 2 is 1.70 bits per heavy atom. The third-order valence-corrected chi connectivity index (χ3v) is 9.87. The van der Waals surface area contributed by atoms with Crippen molar-refractivity contribution in [2.45, 2.75) is 83.6 Å². The van der Waals surface area contributed by atoms with E-state index in [1.165, 1.54) is 32.4 Å². The molecule has 0 radical (unpaired) electrons. The lowest BCUT2D eigenvalue weighted by Gasteiger charge is -2.43. The van der Waals surface area contributed by atoms with Gasteiger partial charge in [-0.2, -0.15) is 0 Å². The lowest BCUT2D eigenvalue weighted by atomic mass is 9.84. The molecule has 0 spiro atoms. The van der Waals surface area contributed by atoms with E-state index in [0.29, 0.717) is 38.6 Å². The Bertz CT molecular complexity index is 1400. The Kier molecular flexibility index (Phi) is 10.1. The molecule has 0 aliphatic carbocycles. The highest BCUT2D eigenvalue weighted by molar-refractivity contribution is 5.68.